The molecule has 228 valence electrons. The van der Waals surface area contributed by atoms with Crippen LogP contribution in [0.5, 0.6) is 23.0 Å². The van der Waals surface area contributed by atoms with Gasteiger partial charge in [0, 0.05) is 0 Å². The maximum absolute atomic E-state index is 14.5. The van der Waals surface area contributed by atoms with Gasteiger partial charge in [-0.1, -0.05) is 0 Å². The molecule has 4 rings (SSSR count). The lowest BCUT2D eigenvalue weighted by Gasteiger charge is -2.31. The Bertz CT molecular complexity index is 1540. The van der Waals surface area contributed by atoms with Gasteiger partial charge in [0.2, 0.25) is 5.82 Å². The Morgan fingerprint density at radius 3 is 2.12 bits per heavy atom. The molecular weight excluding hydrogens is 612 g/mol. The third-order valence-corrected chi connectivity index (χ3v) is 8.67. The molecule has 18 heteroatoms. The van der Waals surface area contributed by atoms with Crippen molar-refractivity contribution in [2.24, 2.45) is 0 Å². The number of alkyl halides is 2. The summed E-state index contributed by atoms with van der Waals surface area (Å²) < 4.78 is 88.4. The highest BCUT2D eigenvalue weighted by molar-refractivity contribution is 8.52. The second-order valence-corrected chi connectivity index (χ2v) is 12.1. The first kappa shape index (κ1) is 31.5. The number of halogens is 3. The zero-order valence-corrected chi connectivity index (χ0v) is 23.4. The first-order valence-electron chi connectivity index (χ1n) is 11.8. The molecule has 0 aliphatic carbocycles. The summed E-state index contributed by atoms with van der Waals surface area (Å²) in [5.41, 5.74) is -5.82. The van der Waals surface area contributed by atoms with Crippen molar-refractivity contribution in [2.45, 2.75) is 30.5 Å². The number of aliphatic hydroxyl groups excluding tert-OH is 2. The van der Waals surface area contributed by atoms with E-state index in [1.807, 2.05) is 0 Å². The molecule has 0 bridgehead atoms. The topological polar surface area (TPSA) is 168 Å². The molecule has 1 unspecified atom stereocenters. The average Bonchev–Trinajstić information content (AvgIpc) is 3.24. The molecule has 1 aromatic heterocycles. The van der Waals surface area contributed by atoms with Crippen LogP contribution in [0.2, 0.25) is 0 Å². The second-order valence-electron chi connectivity index (χ2n) is 8.66. The Morgan fingerprint density at radius 2 is 1.57 bits per heavy atom. The van der Waals surface area contributed by atoms with Crippen LogP contribution in [-0.2, 0) is 13.8 Å². The zero-order valence-electron chi connectivity index (χ0n) is 21.7. The van der Waals surface area contributed by atoms with Gasteiger partial charge >= 0.3 is 12.5 Å². The lowest BCUT2D eigenvalue weighted by molar-refractivity contribution is -0.192. The van der Waals surface area contributed by atoms with Gasteiger partial charge in [-0.3, -0.25) is 18.9 Å². The van der Waals surface area contributed by atoms with Gasteiger partial charge in [0.15, 0.2) is 23.5 Å². The highest BCUT2D eigenvalue weighted by Crippen LogP contribution is 2.61. The van der Waals surface area contributed by atoms with E-state index in [0.717, 1.165) is 0 Å². The highest BCUT2D eigenvalue weighted by atomic mass is 32.7. The van der Waals surface area contributed by atoms with E-state index in [9.17, 15) is 37.5 Å². The highest BCUT2D eigenvalue weighted by Gasteiger charge is 2.62. The number of nitrogens with one attached hydrogen (secondary N) is 1. The van der Waals surface area contributed by atoms with Gasteiger partial charge < -0.3 is 33.1 Å². The molecule has 1 aliphatic heterocycles. The molecule has 3 aromatic rings. The van der Waals surface area contributed by atoms with Crippen molar-refractivity contribution in [3.05, 3.63) is 81.4 Å². The Morgan fingerprint density at radius 1 is 1.02 bits per heavy atom. The molecule has 42 heavy (non-hydrogen) atoms. The van der Waals surface area contributed by atoms with E-state index in [4.69, 9.17) is 27.4 Å². The molecule has 2 aromatic carbocycles. The molecule has 0 saturated carbocycles. The number of hydrogen-bond acceptors (Lipinski definition) is 12. The summed E-state index contributed by atoms with van der Waals surface area (Å²) in [5.74, 6) is -0.471. The number of aromatic nitrogens is 2. The van der Waals surface area contributed by atoms with Crippen LogP contribution in [0.1, 0.15) is 6.23 Å². The molecule has 1 fully saturated rings. The van der Waals surface area contributed by atoms with Crippen molar-refractivity contribution in [3.63, 3.8) is 0 Å². The lowest BCUT2D eigenvalue weighted by atomic mass is 9.96. The molecule has 2 heterocycles. The van der Waals surface area contributed by atoms with E-state index < -0.39 is 60.9 Å². The molecule has 0 radical (unpaired) electrons. The average molecular weight is 636 g/mol. The van der Waals surface area contributed by atoms with E-state index in [0.29, 0.717) is 17.7 Å². The van der Waals surface area contributed by atoms with Crippen LogP contribution in [0.3, 0.4) is 0 Å². The number of hydrogen-bond donors (Lipinski definition) is 3. The number of nitrogens with zero attached hydrogens (tertiary/aromatic N) is 1. The first-order chi connectivity index (χ1) is 19.9. The molecule has 3 N–H and O–H groups in total. The van der Waals surface area contributed by atoms with Crippen molar-refractivity contribution in [1.82, 2.24) is 9.55 Å². The maximum atomic E-state index is 14.5. The SMILES string of the molecule is COc1ccc(OSP(=O)(OC[C@@]2(C(F)F)O[C@@H](n3cc(F)c(=O)[nH]c3=O)[C@H](O)[C@@H]2O)Oc2ccc(OC)cc2)cc1. The molecule has 0 amide bonds. The fourth-order valence-electron chi connectivity index (χ4n) is 3.77. The van der Waals surface area contributed by atoms with Crippen molar-refractivity contribution in [2.75, 3.05) is 20.8 Å². The predicted octanol–water partition coefficient (Wildman–Crippen LogP) is 2.88. The van der Waals surface area contributed by atoms with E-state index in [1.54, 1.807) is 4.98 Å². The van der Waals surface area contributed by atoms with Gasteiger partial charge in [0.25, 0.3) is 12.0 Å². The maximum Gasteiger partial charge on any atom is 0.478 e. The zero-order chi connectivity index (χ0) is 30.7. The number of ether oxygens (including phenoxy) is 3. The normalized spacial score (nSPS) is 23.4. The standard InChI is InChI=1S/C24H24F3N2O11PS/c1-35-13-3-7-15(8-4-13)39-41(34,42-40-16-9-5-14(36-2)6-10-16)37-12-24(22(26)27)19(31)18(30)21(38-24)29-11-17(25)20(32)28-23(29)33/h3-11,18-19,21-22,30-31H,12H2,1-2H3,(H,28,32,33)/t18-,19+,21-,24-,41?/m1/s1. The van der Waals surface area contributed by atoms with Crippen molar-refractivity contribution in [1.29, 1.82) is 0 Å². The summed E-state index contributed by atoms with van der Waals surface area (Å²) in [6.45, 7) is -5.97. The van der Waals surface area contributed by atoms with Crippen molar-refractivity contribution in [3.8, 4) is 23.0 Å². The van der Waals surface area contributed by atoms with E-state index in [-0.39, 0.29) is 27.7 Å². The molecule has 1 saturated heterocycles. The Labute approximate surface area is 239 Å². The van der Waals surface area contributed by atoms with Crippen molar-refractivity contribution >= 4 is 18.5 Å². The van der Waals surface area contributed by atoms with Gasteiger partial charge in [0.05, 0.1) is 27.0 Å². The minimum absolute atomic E-state index is 0.0443. The summed E-state index contributed by atoms with van der Waals surface area (Å²) in [5, 5.41) is 21.1. The Kier molecular flexibility index (Phi) is 9.60. The molecule has 1 aliphatic rings. The van der Waals surface area contributed by atoms with Crippen LogP contribution in [0.25, 0.3) is 0 Å². The number of aromatic amines is 1. The molecule has 5 atom stereocenters. The molecule has 0 spiro atoms. The number of H-pyrrole nitrogens is 1. The van der Waals surface area contributed by atoms with E-state index >= 15 is 0 Å². The van der Waals surface area contributed by atoms with Crippen LogP contribution < -0.4 is 29.4 Å². The molecular formula is C24H24F3N2O11PS. The second kappa shape index (κ2) is 12.8. The third-order valence-electron chi connectivity index (χ3n) is 6.03. The van der Waals surface area contributed by atoms with Crippen LogP contribution in [0.4, 0.5) is 13.2 Å². The largest absolute Gasteiger partial charge is 0.497 e. The van der Waals surface area contributed by atoms with Gasteiger partial charge in [0.1, 0.15) is 35.2 Å². The number of benzene rings is 2. The third kappa shape index (κ3) is 6.61. The van der Waals surface area contributed by atoms with Gasteiger partial charge in [-0.25, -0.2) is 18.1 Å². The fraction of sp³-hybridized carbons (Fsp3) is 0.333. The minimum atomic E-state index is -4.61. The van der Waals surface area contributed by atoms with Crippen LogP contribution in [-0.4, -0.2) is 64.8 Å². The first-order valence-corrected chi connectivity index (χ1v) is 14.7. The Balaban J connectivity index is 1.61. The number of aliphatic hydroxyl groups is 2. The van der Waals surface area contributed by atoms with Gasteiger partial charge in [-0.2, -0.15) is 4.39 Å². The van der Waals surface area contributed by atoms with E-state index in [2.05, 4.69) is 0 Å². The van der Waals surface area contributed by atoms with E-state index in [1.165, 1.54) is 62.8 Å². The fourth-order valence-corrected chi connectivity index (χ4v) is 6.10. The number of rotatable bonds is 12. The Hall–Kier alpha value is -3.47. The van der Waals surface area contributed by atoms with Gasteiger partial charge in [-0.15, -0.1) is 0 Å². The quantitative estimate of drug-likeness (QED) is 0.197. The smallest absolute Gasteiger partial charge is 0.478 e. The minimum Gasteiger partial charge on any atom is -0.497 e. The predicted molar refractivity (Wildman–Crippen MR) is 141 cm³/mol. The lowest BCUT2D eigenvalue weighted by Crippen LogP contribution is -2.52. The summed E-state index contributed by atoms with van der Waals surface area (Å²) >= 11 is 0.144. The summed E-state index contributed by atoms with van der Waals surface area (Å²) in [6.07, 6.45) is -10.1. The summed E-state index contributed by atoms with van der Waals surface area (Å²) in [4.78, 5) is 25.2. The number of methoxy groups -OCH3 is 2. The van der Waals surface area contributed by atoms with Crippen LogP contribution in [0.15, 0.2) is 64.3 Å². The van der Waals surface area contributed by atoms with Crippen LogP contribution in [0, 0.1) is 5.82 Å². The monoisotopic (exact) mass is 636 g/mol. The summed E-state index contributed by atoms with van der Waals surface area (Å²) in [7, 11) is 2.86. The van der Waals surface area contributed by atoms with Gasteiger partial charge in [-0.05, 0) is 48.5 Å². The van der Waals surface area contributed by atoms with Crippen LogP contribution >= 0.6 is 18.5 Å². The van der Waals surface area contributed by atoms with Crippen molar-refractivity contribution < 1.29 is 55.4 Å². The summed E-state index contributed by atoms with van der Waals surface area (Å²) in [6, 6.07) is 11.6. The molecule has 13 nitrogen and oxygen atoms in total.